The predicted molar refractivity (Wildman–Crippen MR) is 120 cm³/mol. The molecule has 0 aliphatic carbocycles. The van der Waals surface area contributed by atoms with E-state index in [0.717, 1.165) is 23.4 Å². The lowest BCUT2D eigenvalue weighted by Crippen LogP contribution is -2.28. The number of tetrazole rings is 1. The van der Waals surface area contributed by atoms with E-state index in [1.54, 1.807) is 28.9 Å². The highest BCUT2D eigenvalue weighted by atomic mass is 16.2. The van der Waals surface area contributed by atoms with Crippen LogP contribution in [0.3, 0.4) is 0 Å². The van der Waals surface area contributed by atoms with Crippen LogP contribution in [0.15, 0.2) is 79.1 Å². The number of rotatable bonds is 5. The van der Waals surface area contributed by atoms with Crippen LogP contribution in [0.5, 0.6) is 0 Å². The molecule has 1 aliphatic heterocycles. The van der Waals surface area contributed by atoms with E-state index >= 15 is 0 Å². The van der Waals surface area contributed by atoms with Gasteiger partial charge in [0.15, 0.2) is 0 Å². The number of anilines is 2. The van der Waals surface area contributed by atoms with Crippen molar-refractivity contribution >= 4 is 23.2 Å². The fourth-order valence-electron chi connectivity index (χ4n) is 3.84. The van der Waals surface area contributed by atoms with Gasteiger partial charge in [0.1, 0.15) is 6.33 Å². The maximum atomic E-state index is 12.9. The third-order valence-electron chi connectivity index (χ3n) is 5.46. The van der Waals surface area contributed by atoms with Gasteiger partial charge in [0, 0.05) is 23.5 Å². The van der Waals surface area contributed by atoms with Crippen LogP contribution < -0.4 is 10.2 Å². The van der Waals surface area contributed by atoms with Gasteiger partial charge in [0.25, 0.3) is 5.91 Å². The van der Waals surface area contributed by atoms with Gasteiger partial charge in [-0.3, -0.25) is 9.59 Å². The zero-order valence-corrected chi connectivity index (χ0v) is 17.2. The van der Waals surface area contributed by atoms with E-state index < -0.39 is 0 Å². The molecule has 5 rings (SSSR count). The van der Waals surface area contributed by atoms with Gasteiger partial charge < -0.3 is 10.2 Å². The number of carbonyl (C=O) groups is 2. The van der Waals surface area contributed by atoms with Crippen molar-refractivity contribution in [2.75, 3.05) is 16.8 Å². The van der Waals surface area contributed by atoms with Gasteiger partial charge in [0.2, 0.25) is 5.91 Å². The molecule has 0 unspecified atom stereocenters. The molecule has 1 aromatic heterocycles. The number of hydrogen-bond acceptors (Lipinski definition) is 5. The van der Waals surface area contributed by atoms with Crippen LogP contribution in [0.1, 0.15) is 21.5 Å². The summed E-state index contributed by atoms with van der Waals surface area (Å²) < 4.78 is 1.55. The summed E-state index contributed by atoms with van der Waals surface area (Å²) in [4.78, 5) is 27.2. The Morgan fingerprint density at radius 3 is 2.47 bits per heavy atom. The Hall–Kier alpha value is -4.33. The molecule has 0 bridgehead atoms. The first kappa shape index (κ1) is 19.6. The van der Waals surface area contributed by atoms with E-state index in [1.807, 2.05) is 47.4 Å². The zero-order chi connectivity index (χ0) is 21.9. The lowest BCUT2D eigenvalue weighted by molar-refractivity contribution is -0.115. The van der Waals surface area contributed by atoms with Gasteiger partial charge in [-0.15, -0.1) is 5.10 Å². The van der Waals surface area contributed by atoms with Crippen LogP contribution in [0.2, 0.25) is 0 Å². The first-order valence-electron chi connectivity index (χ1n) is 10.3. The summed E-state index contributed by atoms with van der Waals surface area (Å²) in [6, 6.07) is 22.4. The molecule has 0 fully saturated rings. The number of nitrogens with one attached hydrogen (secondary N) is 1. The van der Waals surface area contributed by atoms with Crippen LogP contribution in [0.25, 0.3) is 5.69 Å². The van der Waals surface area contributed by atoms with Crippen molar-refractivity contribution in [1.29, 1.82) is 0 Å². The van der Waals surface area contributed by atoms with Gasteiger partial charge >= 0.3 is 0 Å². The largest absolute Gasteiger partial charge is 0.326 e. The molecule has 0 saturated carbocycles. The molecule has 8 nitrogen and oxygen atoms in total. The second kappa shape index (κ2) is 8.43. The number of nitrogens with zero attached hydrogens (tertiary/aromatic N) is 5. The molecule has 1 N–H and O–H groups in total. The highest BCUT2D eigenvalue weighted by molar-refractivity contribution is 6.07. The fraction of sp³-hybridized carbons (Fsp3) is 0.125. The minimum absolute atomic E-state index is 0.0319. The minimum Gasteiger partial charge on any atom is -0.326 e. The molecule has 4 aromatic rings. The van der Waals surface area contributed by atoms with E-state index in [4.69, 9.17) is 0 Å². The Kier molecular flexibility index (Phi) is 5.17. The molecule has 2 heterocycles. The van der Waals surface area contributed by atoms with Crippen LogP contribution in [-0.2, 0) is 17.6 Å². The predicted octanol–water partition coefficient (Wildman–Crippen LogP) is 3.05. The van der Waals surface area contributed by atoms with E-state index in [0.29, 0.717) is 17.8 Å². The van der Waals surface area contributed by atoms with Gasteiger partial charge in [-0.25, -0.2) is 4.68 Å². The Morgan fingerprint density at radius 2 is 1.72 bits per heavy atom. The molecule has 32 heavy (non-hydrogen) atoms. The normalized spacial score (nSPS) is 12.4. The highest BCUT2D eigenvalue weighted by Gasteiger charge is 2.25. The summed E-state index contributed by atoms with van der Waals surface area (Å²) in [7, 11) is 0. The molecule has 0 radical (unpaired) electrons. The molecule has 2 amide bonds. The number of para-hydroxylation sites is 1. The van der Waals surface area contributed by atoms with Crippen molar-refractivity contribution in [3.05, 3.63) is 95.8 Å². The molecule has 8 heteroatoms. The number of fused-ring (bicyclic) bond motifs is 1. The number of hydrogen-bond donors (Lipinski definition) is 1. The molecule has 3 aromatic carbocycles. The van der Waals surface area contributed by atoms with Crippen LogP contribution in [-0.4, -0.2) is 38.6 Å². The lowest BCUT2D eigenvalue weighted by Gasteiger charge is -2.17. The van der Waals surface area contributed by atoms with Crippen molar-refractivity contribution in [2.24, 2.45) is 0 Å². The summed E-state index contributed by atoms with van der Waals surface area (Å²) in [5.41, 5.74) is 5.10. The SMILES string of the molecule is O=C(Cc1ccc(-n2cnnn2)cc1)Nc1ccc(C(=O)N2CCc3ccccc32)cc1. The molecule has 158 valence electrons. The van der Waals surface area contributed by atoms with Crippen molar-refractivity contribution in [3.63, 3.8) is 0 Å². The van der Waals surface area contributed by atoms with Crippen LogP contribution in [0.4, 0.5) is 11.4 Å². The van der Waals surface area contributed by atoms with E-state index in [-0.39, 0.29) is 18.2 Å². The highest BCUT2D eigenvalue weighted by Crippen LogP contribution is 2.29. The first-order chi connectivity index (χ1) is 15.7. The second-order valence-electron chi connectivity index (χ2n) is 7.56. The van der Waals surface area contributed by atoms with Crippen molar-refractivity contribution in [3.8, 4) is 5.69 Å². The lowest BCUT2D eigenvalue weighted by atomic mass is 10.1. The van der Waals surface area contributed by atoms with Crippen LogP contribution in [0, 0.1) is 0 Å². The third-order valence-corrected chi connectivity index (χ3v) is 5.46. The minimum atomic E-state index is -0.132. The molecule has 0 spiro atoms. The van der Waals surface area contributed by atoms with Crippen molar-refractivity contribution in [1.82, 2.24) is 20.2 Å². The molecule has 1 aliphatic rings. The average molecular weight is 424 g/mol. The van der Waals surface area contributed by atoms with Gasteiger partial charge in [-0.05, 0) is 70.4 Å². The smallest absolute Gasteiger partial charge is 0.258 e. The summed E-state index contributed by atoms with van der Waals surface area (Å²) in [5, 5.41) is 13.9. The fourth-order valence-corrected chi connectivity index (χ4v) is 3.84. The van der Waals surface area contributed by atoms with Gasteiger partial charge in [-0.2, -0.15) is 0 Å². The van der Waals surface area contributed by atoms with E-state index in [2.05, 4.69) is 26.9 Å². The number of aromatic nitrogens is 4. The maximum absolute atomic E-state index is 12.9. The quantitative estimate of drug-likeness (QED) is 0.532. The molecular formula is C24H20N6O2. The first-order valence-corrected chi connectivity index (χ1v) is 10.3. The van der Waals surface area contributed by atoms with E-state index in [9.17, 15) is 9.59 Å². The van der Waals surface area contributed by atoms with E-state index in [1.165, 1.54) is 11.9 Å². The maximum Gasteiger partial charge on any atom is 0.258 e. The Balaban J connectivity index is 1.20. The average Bonchev–Trinajstić information content (AvgIpc) is 3.50. The van der Waals surface area contributed by atoms with Crippen molar-refractivity contribution in [2.45, 2.75) is 12.8 Å². The Bertz CT molecular complexity index is 1250. The molecule has 0 atom stereocenters. The molecular weight excluding hydrogens is 404 g/mol. The summed E-state index contributed by atoms with van der Waals surface area (Å²) in [5.74, 6) is -0.164. The monoisotopic (exact) mass is 424 g/mol. The second-order valence-corrected chi connectivity index (χ2v) is 7.56. The van der Waals surface area contributed by atoms with Crippen LogP contribution >= 0.6 is 0 Å². The summed E-state index contributed by atoms with van der Waals surface area (Å²) >= 11 is 0. The number of benzene rings is 3. The molecule has 0 saturated heterocycles. The Morgan fingerprint density at radius 1 is 0.938 bits per heavy atom. The van der Waals surface area contributed by atoms with Gasteiger partial charge in [-0.1, -0.05) is 30.3 Å². The summed E-state index contributed by atoms with van der Waals surface area (Å²) in [6.45, 7) is 0.683. The third kappa shape index (κ3) is 3.98. The standard InChI is InChI=1S/C24H20N6O2/c31-23(15-17-5-11-21(12-6-17)30-16-25-27-28-30)26-20-9-7-19(8-10-20)24(32)29-14-13-18-3-1-2-4-22(18)29/h1-12,16H,13-15H2,(H,26,31). The number of carbonyl (C=O) groups excluding carboxylic acids is 2. The van der Waals surface area contributed by atoms with Crippen molar-refractivity contribution < 1.29 is 9.59 Å². The Labute approximate surface area is 184 Å². The zero-order valence-electron chi connectivity index (χ0n) is 17.2. The topological polar surface area (TPSA) is 93.0 Å². The summed E-state index contributed by atoms with van der Waals surface area (Å²) in [6.07, 6.45) is 2.62. The number of amides is 2. The van der Waals surface area contributed by atoms with Gasteiger partial charge in [0.05, 0.1) is 12.1 Å².